The monoisotopic (exact) mass is 248 g/mol. The van der Waals surface area contributed by atoms with Gasteiger partial charge in [0.05, 0.1) is 5.41 Å². The van der Waals surface area contributed by atoms with Gasteiger partial charge in [-0.15, -0.1) is 0 Å². The standard InChI is InChI=1S/C11H8ClF3O/c12-9-5-7(6-16)1-2-8(9)10(3-4-10)11(13,14)15/h1-2,5-6H,3-4H2. The Morgan fingerprint density at radius 1 is 1.31 bits per heavy atom. The van der Waals surface area contributed by atoms with Crippen LogP contribution in [0.4, 0.5) is 13.2 Å². The molecule has 1 nitrogen and oxygen atoms in total. The summed E-state index contributed by atoms with van der Waals surface area (Å²) in [6, 6.07) is 3.93. The van der Waals surface area contributed by atoms with E-state index < -0.39 is 11.6 Å². The van der Waals surface area contributed by atoms with E-state index in [4.69, 9.17) is 11.6 Å². The Kier molecular flexibility index (Phi) is 2.49. The van der Waals surface area contributed by atoms with Gasteiger partial charge in [0.25, 0.3) is 0 Å². The number of hydrogen-bond acceptors (Lipinski definition) is 1. The number of halogens is 4. The topological polar surface area (TPSA) is 17.1 Å². The Labute approximate surface area is 95.2 Å². The molecule has 0 heterocycles. The second-order valence-electron chi connectivity index (χ2n) is 3.94. The number of benzene rings is 1. The van der Waals surface area contributed by atoms with Crippen LogP contribution >= 0.6 is 11.6 Å². The summed E-state index contributed by atoms with van der Waals surface area (Å²) in [6.45, 7) is 0. The molecule has 1 aromatic carbocycles. The molecular weight excluding hydrogens is 241 g/mol. The second kappa shape index (κ2) is 3.48. The maximum atomic E-state index is 12.8. The molecule has 0 N–H and O–H groups in total. The molecule has 0 atom stereocenters. The molecule has 0 bridgehead atoms. The van der Waals surface area contributed by atoms with Crippen LogP contribution in [-0.4, -0.2) is 12.5 Å². The Balaban J connectivity index is 2.46. The van der Waals surface area contributed by atoms with E-state index in [0.717, 1.165) is 0 Å². The van der Waals surface area contributed by atoms with Gasteiger partial charge in [-0.2, -0.15) is 13.2 Å². The largest absolute Gasteiger partial charge is 0.398 e. The Bertz CT molecular complexity index is 435. The third-order valence-corrected chi connectivity index (χ3v) is 3.25. The molecule has 5 heteroatoms. The molecule has 1 aliphatic rings. The van der Waals surface area contributed by atoms with Crippen LogP contribution in [-0.2, 0) is 5.41 Å². The van der Waals surface area contributed by atoms with E-state index in [0.29, 0.717) is 6.29 Å². The molecule has 2 rings (SSSR count). The van der Waals surface area contributed by atoms with Crippen molar-refractivity contribution in [1.82, 2.24) is 0 Å². The first-order chi connectivity index (χ1) is 7.40. The van der Waals surface area contributed by atoms with Crippen LogP contribution in [0.3, 0.4) is 0 Å². The molecule has 1 fully saturated rings. The predicted molar refractivity (Wildman–Crippen MR) is 53.8 cm³/mol. The lowest BCUT2D eigenvalue weighted by atomic mass is 9.94. The van der Waals surface area contributed by atoms with Crippen molar-refractivity contribution in [3.05, 3.63) is 34.3 Å². The van der Waals surface area contributed by atoms with Gasteiger partial charge in [-0.1, -0.05) is 23.7 Å². The summed E-state index contributed by atoms with van der Waals surface area (Å²) in [5.74, 6) is 0. The smallest absolute Gasteiger partial charge is 0.298 e. The Morgan fingerprint density at radius 3 is 2.31 bits per heavy atom. The van der Waals surface area contributed by atoms with Crippen molar-refractivity contribution < 1.29 is 18.0 Å². The van der Waals surface area contributed by atoms with Gasteiger partial charge in [-0.25, -0.2) is 0 Å². The molecule has 0 saturated heterocycles. The van der Waals surface area contributed by atoms with Crippen molar-refractivity contribution in [2.24, 2.45) is 0 Å². The lowest BCUT2D eigenvalue weighted by Gasteiger charge is -2.20. The average Bonchev–Trinajstić information content (AvgIpc) is 2.97. The number of aldehydes is 1. The highest BCUT2D eigenvalue weighted by atomic mass is 35.5. The molecule has 1 aromatic rings. The zero-order valence-corrected chi connectivity index (χ0v) is 8.90. The summed E-state index contributed by atoms with van der Waals surface area (Å²) < 4.78 is 38.4. The number of rotatable bonds is 2. The quantitative estimate of drug-likeness (QED) is 0.729. The molecule has 1 aliphatic carbocycles. The fourth-order valence-corrected chi connectivity index (χ4v) is 2.19. The normalized spacial score (nSPS) is 18.2. The first kappa shape index (κ1) is 11.5. The highest BCUT2D eigenvalue weighted by molar-refractivity contribution is 6.31. The van der Waals surface area contributed by atoms with Crippen LogP contribution in [0.1, 0.15) is 28.8 Å². The highest BCUT2D eigenvalue weighted by Gasteiger charge is 2.64. The minimum Gasteiger partial charge on any atom is -0.298 e. The van der Waals surface area contributed by atoms with E-state index >= 15 is 0 Å². The van der Waals surface area contributed by atoms with Gasteiger partial charge < -0.3 is 0 Å². The zero-order valence-electron chi connectivity index (χ0n) is 8.14. The molecule has 86 valence electrons. The van der Waals surface area contributed by atoms with Gasteiger partial charge in [-0.05, 0) is 24.5 Å². The van der Waals surface area contributed by atoms with Crippen molar-refractivity contribution >= 4 is 17.9 Å². The summed E-state index contributed by atoms with van der Waals surface area (Å²) in [4.78, 5) is 10.5. The summed E-state index contributed by atoms with van der Waals surface area (Å²) >= 11 is 5.78. The van der Waals surface area contributed by atoms with Crippen LogP contribution in [0.25, 0.3) is 0 Å². The summed E-state index contributed by atoms with van der Waals surface area (Å²) in [5, 5.41) is 0.0134. The van der Waals surface area contributed by atoms with E-state index in [-0.39, 0.29) is 29.0 Å². The second-order valence-corrected chi connectivity index (χ2v) is 4.34. The van der Waals surface area contributed by atoms with Gasteiger partial charge in [0, 0.05) is 10.6 Å². The third-order valence-electron chi connectivity index (χ3n) is 2.94. The molecule has 0 unspecified atom stereocenters. The number of carbonyl (C=O) groups is 1. The maximum Gasteiger partial charge on any atom is 0.398 e. The van der Waals surface area contributed by atoms with E-state index in [1.807, 2.05) is 0 Å². The van der Waals surface area contributed by atoms with E-state index in [1.165, 1.54) is 18.2 Å². The van der Waals surface area contributed by atoms with Crippen LogP contribution in [0.15, 0.2) is 18.2 Å². The first-order valence-electron chi connectivity index (χ1n) is 4.73. The lowest BCUT2D eigenvalue weighted by Crippen LogP contribution is -2.28. The third kappa shape index (κ3) is 1.61. The van der Waals surface area contributed by atoms with Crippen molar-refractivity contribution in [2.45, 2.75) is 24.4 Å². The number of alkyl halides is 3. The number of carbonyl (C=O) groups excluding carboxylic acids is 1. The minimum atomic E-state index is -4.28. The van der Waals surface area contributed by atoms with Crippen LogP contribution in [0.2, 0.25) is 5.02 Å². The van der Waals surface area contributed by atoms with Crippen LogP contribution < -0.4 is 0 Å². The molecule has 0 radical (unpaired) electrons. The van der Waals surface area contributed by atoms with Gasteiger partial charge in [0.2, 0.25) is 0 Å². The summed E-state index contributed by atoms with van der Waals surface area (Å²) in [5.41, 5.74) is -1.43. The van der Waals surface area contributed by atoms with E-state index in [2.05, 4.69) is 0 Å². The van der Waals surface area contributed by atoms with Gasteiger partial charge in [0.1, 0.15) is 6.29 Å². The van der Waals surface area contributed by atoms with Crippen LogP contribution in [0.5, 0.6) is 0 Å². The number of hydrogen-bond donors (Lipinski definition) is 0. The molecule has 0 aliphatic heterocycles. The van der Waals surface area contributed by atoms with Crippen molar-refractivity contribution in [3.8, 4) is 0 Å². The molecule has 0 amide bonds. The molecular formula is C11H8ClF3O. The first-order valence-corrected chi connectivity index (χ1v) is 5.10. The van der Waals surface area contributed by atoms with Crippen molar-refractivity contribution in [3.63, 3.8) is 0 Å². The molecule has 16 heavy (non-hydrogen) atoms. The van der Waals surface area contributed by atoms with Gasteiger partial charge in [0.15, 0.2) is 0 Å². The maximum absolute atomic E-state index is 12.8. The fourth-order valence-electron chi connectivity index (χ4n) is 1.82. The molecule has 0 spiro atoms. The van der Waals surface area contributed by atoms with Gasteiger partial charge in [-0.3, -0.25) is 4.79 Å². The molecule has 0 aromatic heterocycles. The average molecular weight is 249 g/mol. The highest BCUT2D eigenvalue weighted by Crippen LogP contribution is 2.60. The van der Waals surface area contributed by atoms with Crippen molar-refractivity contribution in [2.75, 3.05) is 0 Å². The predicted octanol–water partition coefficient (Wildman–Crippen LogP) is 3.75. The minimum absolute atomic E-state index is 0.0134. The fraction of sp³-hybridized carbons (Fsp3) is 0.364. The Hall–Kier alpha value is -1.03. The SMILES string of the molecule is O=Cc1ccc(C2(C(F)(F)F)CC2)c(Cl)c1. The summed E-state index contributed by atoms with van der Waals surface area (Å²) in [7, 11) is 0. The van der Waals surface area contributed by atoms with Crippen molar-refractivity contribution in [1.29, 1.82) is 0 Å². The summed E-state index contributed by atoms with van der Waals surface area (Å²) in [6.07, 6.45) is -3.59. The van der Waals surface area contributed by atoms with E-state index in [1.54, 1.807) is 0 Å². The van der Waals surface area contributed by atoms with Crippen LogP contribution in [0, 0.1) is 0 Å². The zero-order chi connectivity index (χ0) is 12.0. The van der Waals surface area contributed by atoms with Gasteiger partial charge >= 0.3 is 6.18 Å². The lowest BCUT2D eigenvalue weighted by molar-refractivity contribution is -0.160. The Morgan fingerprint density at radius 2 is 1.94 bits per heavy atom. The van der Waals surface area contributed by atoms with E-state index in [9.17, 15) is 18.0 Å². The molecule has 1 saturated carbocycles.